The third-order valence-corrected chi connectivity index (χ3v) is 1.66. The van der Waals surface area contributed by atoms with Crippen molar-refractivity contribution in [2.24, 2.45) is 0 Å². The zero-order valence-electron chi connectivity index (χ0n) is 11.5. The van der Waals surface area contributed by atoms with Gasteiger partial charge in [-0.3, -0.25) is 14.4 Å². The summed E-state index contributed by atoms with van der Waals surface area (Å²) < 4.78 is 0. The predicted molar refractivity (Wildman–Crippen MR) is 70.7 cm³/mol. The molecule has 0 spiro atoms. The highest BCUT2D eigenvalue weighted by Crippen LogP contribution is 2.18. The van der Waals surface area contributed by atoms with Crippen LogP contribution < -0.4 is 0 Å². The molecule has 1 aromatic carbocycles. The second kappa shape index (κ2) is 10.5. The van der Waals surface area contributed by atoms with Crippen molar-refractivity contribution in [2.75, 3.05) is 0 Å². The van der Waals surface area contributed by atoms with Crippen molar-refractivity contribution in [2.45, 2.75) is 27.4 Å². The van der Waals surface area contributed by atoms with Gasteiger partial charge in [-0.2, -0.15) is 0 Å². The van der Waals surface area contributed by atoms with Gasteiger partial charge < -0.3 is 20.4 Å². The van der Waals surface area contributed by atoms with Crippen molar-refractivity contribution >= 4 is 17.7 Å². The summed E-state index contributed by atoms with van der Waals surface area (Å²) >= 11 is 0. The summed E-state index contributed by atoms with van der Waals surface area (Å²) in [7, 11) is 0. The molecule has 0 bridgehead atoms. The lowest BCUT2D eigenvalue weighted by Crippen LogP contribution is -1.94. The Bertz CT molecular complexity index is 446. The second-order valence-corrected chi connectivity index (χ2v) is 3.60. The van der Waals surface area contributed by atoms with Gasteiger partial charge in [0.25, 0.3) is 11.9 Å². The maximum Gasteiger partial charge on any atom is 0.300 e. The van der Waals surface area contributed by atoms with E-state index < -0.39 is 11.9 Å². The summed E-state index contributed by atoms with van der Waals surface area (Å²) in [4.78, 5) is 28.9. The molecule has 0 unspecified atom stereocenters. The maximum absolute atomic E-state index is 10.9. The van der Waals surface area contributed by atoms with E-state index >= 15 is 0 Å². The number of Topliss-reactive ketones (excluding diaryl/α,β-unsaturated/α-hetero) is 1. The number of benzene rings is 1. The van der Waals surface area contributed by atoms with Crippen LogP contribution in [-0.4, -0.2) is 38.1 Å². The van der Waals surface area contributed by atoms with Crippen LogP contribution in [0.5, 0.6) is 5.75 Å². The number of hydrogen-bond acceptors (Lipinski definition) is 5. The van der Waals surface area contributed by atoms with Gasteiger partial charge in [-0.15, -0.1) is 0 Å². The van der Waals surface area contributed by atoms with Crippen molar-refractivity contribution in [1.29, 1.82) is 0 Å². The molecule has 7 nitrogen and oxygen atoms in total. The van der Waals surface area contributed by atoms with Gasteiger partial charge >= 0.3 is 0 Å². The molecule has 0 atom stereocenters. The molecule has 0 aliphatic rings. The second-order valence-electron chi connectivity index (χ2n) is 3.60. The van der Waals surface area contributed by atoms with Crippen molar-refractivity contribution < 1.29 is 34.8 Å². The third kappa shape index (κ3) is 12.1. The molecule has 7 heteroatoms. The van der Waals surface area contributed by atoms with Gasteiger partial charge in [-0.25, -0.2) is 0 Å². The highest BCUT2D eigenvalue weighted by atomic mass is 16.4. The van der Waals surface area contributed by atoms with E-state index in [4.69, 9.17) is 30.0 Å². The van der Waals surface area contributed by atoms with E-state index in [9.17, 15) is 4.79 Å². The zero-order valence-corrected chi connectivity index (χ0v) is 11.5. The molecule has 0 radical (unpaired) electrons. The molecule has 0 aliphatic heterocycles. The van der Waals surface area contributed by atoms with E-state index in [1.165, 1.54) is 25.1 Å². The highest BCUT2D eigenvalue weighted by molar-refractivity contribution is 5.94. The van der Waals surface area contributed by atoms with Gasteiger partial charge in [-0.05, 0) is 25.1 Å². The number of carboxylic acid groups (broad SMARTS) is 2. The summed E-state index contributed by atoms with van der Waals surface area (Å²) in [5, 5.41) is 32.7. The van der Waals surface area contributed by atoms with Crippen LogP contribution in [-0.2, 0) is 16.2 Å². The molecule has 112 valence electrons. The van der Waals surface area contributed by atoms with Crippen LogP contribution >= 0.6 is 0 Å². The molecule has 0 saturated heterocycles. The minimum atomic E-state index is -0.833. The molecule has 0 aliphatic carbocycles. The molecule has 0 aromatic heterocycles. The van der Waals surface area contributed by atoms with E-state index in [0.29, 0.717) is 11.1 Å². The minimum absolute atomic E-state index is 0.0162. The normalized spacial score (nSPS) is 8.40. The summed E-state index contributed by atoms with van der Waals surface area (Å²) in [5.41, 5.74) is 0.875. The third-order valence-electron chi connectivity index (χ3n) is 1.66. The average Bonchev–Trinajstić information content (AvgIpc) is 2.27. The van der Waals surface area contributed by atoms with Crippen molar-refractivity contribution in [1.82, 2.24) is 0 Å². The standard InChI is InChI=1S/C9H10O3.2C2H4O2/c1-6(11)7-2-3-9(12)8(4-7)5-10;2*1-2(3)4/h2-4,10,12H,5H2,1H3;2*1H3,(H,3,4). The number of hydrogen-bond donors (Lipinski definition) is 4. The maximum atomic E-state index is 10.9. The monoisotopic (exact) mass is 286 g/mol. The van der Waals surface area contributed by atoms with Gasteiger partial charge in [-0.1, -0.05) is 0 Å². The first kappa shape index (κ1) is 19.9. The number of aliphatic hydroxyl groups is 1. The topological polar surface area (TPSA) is 132 Å². The van der Waals surface area contributed by atoms with Gasteiger partial charge in [0.05, 0.1) is 6.61 Å². The Kier molecular flexibility index (Phi) is 10.5. The number of aliphatic carboxylic acids is 2. The van der Waals surface area contributed by atoms with Crippen LogP contribution in [0.4, 0.5) is 0 Å². The Morgan fingerprint density at radius 2 is 1.40 bits per heavy atom. The number of aliphatic hydroxyl groups excluding tert-OH is 1. The highest BCUT2D eigenvalue weighted by Gasteiger charge is 2.03. The number of carbonyl (C=O) groups is 3. The van der Waals surface area contributed by atoms with E-state index in [0.717, 1.165) is 13.8 Å². The van der Waals surface area contributed by atoms with Crippen LogP contribution in [0.15, 0.2) is 18.2 Å². The Labute approximate surface area is 116 Å². The average molecular weight is 286 g/mol. The molecular weight excluding hydrogens is 268 g/mol. The van der Waals surface area contributed by atoms with E-state index in [2.05, 4.69) is 0 Å². The molecule has 4 N–H and O–H groups in total. The number of ketones is 1. The predicted octanol–water partition coefficient (Wildman–Crippen LogP) is 1.27. The van der Waals surface area contributed by atoms with Crippen molar-refractivity contribution in [3.05, 3.63) is 29.3 Å². The summed E-state index contributed by atoms with van der Waals surface area (Å²) in [6, 6.07) is 4.41. The Morgan fingerprint density at radius 3 is 1.70 bits per heavy atom. The lowest BCUT2D eigenvalue weighted by Gasteiger charge is -2.02. The van der Waals surface area contributed by atoms with E-state index in [1.54, 1.807) is 0 Å². The van der Waals surface area contributed by atoms with Gasteiger partial charge in [0.2, 0.25) is 0 Å². The quantitative estimate of drug-likeness (QED) is 0.602. The fraction of sp³-hybridized carbons (Fsp3) is 0.308. The first-order valence-corrected chi connectivity index (χ1v) is 5.44. The summed E-state index contributed by atoms with van der Waals surface area (Å²) in [6.07, 6.45) is 0. The number of carbonyl (C=O) groups excluding carboxylic acids is 1. The first-order chi connectivity index (χ1) is 9.11. The molecular formula is C13H18O7. The van der Waals surface area contributed by atoms with E-state index in [-0.39, 0.29) is 18.1 Å². The molecule has 1 aromatic rings. The van der Waals surface area contributed by atoms with Crippen LogP contribution in [0.1, 0.15) is 36.7 Å². The number of carboxylic acids is 2. The number of rotatable bonds is 2. The largest absolute Gasteiger partial charge is 0.508 e. The van der Waals surface area contributed by atoms with Crippen molar-refractivity contribution in [3.63, 3.8) is 0 Å². The van der Waals surface area contributed by atoms with Crippen LogP contribution in [0.3, 0.4) is 0 Å². The van der Waals surface area contributed by atoms with Gasteiger partial charge in [0.15, 0.2) is 5.78 Å². The van der Waals surface area contributed by atoms with Crippen LogP contribution in [0.2, 0.25) is 0 Å². The van der Waals surface area contributed by atoms with Crippen molar-refractivity contribution in [3.8, 4) is 5.75 Å². The molecule has 1 rings (SSSR count). The lowest BCUT2D eigenvalue weighted by molar-refractivity contribution is -0.135. The number of phenols is 1. The summed E-state index contributed by atoms with van der Waals surface area (Å²) in [6.45, 7) is 3.35. The fourth-order valence-electron chi connectivity index (χ4n) is 0.931. The molecule has 0 saturated carbocycles. The summed E-state index contributed by atoms with van der Waals surface area (Å²) in [5.74, 6) is -1.73. The molecule has 0 fully saturated rings. The first-order valence-electron chi connectivity index (χ1n) is 5.44. The Morgan fingerprint density at radius 1 is 1.00 bits per heavy atom. The fourth-order valence-corrected chi connectivity index (χ4v) is 0.931. The van der Waals surface area contributed by atoms with Gasteiger partial charge in [0, 0.05) is 25.0 Å². The Hall–Kier alpha value is -2.41. The van der Waals surface area contributed by atoms with Crippen LogP contribution in [0.25, 0.3) is 0 Å². The zero-order chi connectivity index (χ0) is 16.3. The smallest absolute Gasteiger partial charge is 0.300 e. The minimum Gasteiger partial charge on any atom is -0.508 e. The van der Waals surface area contributed by atoms with E-state index in [1.807, 2.05) is 0 Å². The lowest BCUT2D eigenvalue weighted by atomic mass is 10.1. The number of aromatic hydroxyl groups is 1. The SMILES string of the molecule is CC(=O)O.CC(=O)O.CC(=O)c1ccc(O)c(CO)c1. The molecule has 20 heavy (non-hydrogen) atoms. The Balaban J connectivity index is 0. The van der Waals surface area contributed by atoms with Crippen LogP contribution in [0, 0.1) is 0 Å². The molecule has 0 heterocycles. The van der Waals surface area contributed by atoms with Gasteiger partial charge in [0.1, 0.15) is 5.75 Å². The molecule has 0 amide bonds.